The Labute approximate surface area is 245 Å². The minimum absolute atomic E-state index is 0.313. The molecule has 0 nitrogen and oxygen atoms in total. The zero-order valence-corrected chi connectivity index (χ0v) is 23.2. The van der Waals surface area contributed by atoms with Crippen LogP contribution < -0.4 is 0 Å². The number of rotatable bonds is 3. The molecule has 2 aliphatic carbocycles. The summed E-state index contributed by atoms with van der Waals surface area (Å²) in [6.45, 7) is 0. The van der Waals surface area contributed by atoms with Gasteiger partial charge in [0.1, 0.15) is 0 Å². The topological polar surface area (TPSA) is 0 Å². The normalized spacial score (nSPS) is 15.7. The van der Waals surface area contributed by atoms with E-state index in [9.17, 15) is 0 Å². The van der Waals surface area contributed by atoms with Crippen molar-refractivity contribution >= 4 is 60.8 Å². The smallest absolute Gasteiger partial charge is 0.00684 e. The fourth-order valence-electron chi connectivity index (χ4n) is 7.42. The van der Waals surface area contributed by atoms with Crippen LogP contribution in [0.4, 0.5) is 0 Å². The molecule has 0 heteroatoms. The van der Waals surface area contributed by atoms with Gasteiger partial charge < -0.3 is 0 Å². The van der Waals surface area contributed by atoms with Crippen LogP contribution in [0, 0.1) is 0 Å². The molecule has 2 aliphatic rings. The van der Waals surface area contributed by atoms with Crippen LogP contribution in [0.15, 0.2) is 140 Å². The monoisotopic (exact) mass is 532 g/mol. The lowest BCUT2D eigenvalue weighted by Gasteiger charge is -2.24. The lowest BCUT2D eigenvalue weighted by Crippen LogP contribution is -2.02. The molecular weight excluding hydrogens is 504 g/mol. The maximum Gasteiger partial charge on any atom is 0.00684 e. The van der Waals surface area contributed by atoms with E-state index in [0.717, 1.165) is 6.42 Å². The second kappa shape index (κ2) is 9.16. The third kappa shape index (κ3) is 3.49. The van der Waals surface area contributed by atoms with Gasteiger partial charge in [-0.2, -0.15) is 0 Å². The van der Waals surface area contributed by atoms with E-state index in [0.29, 0.717) is 5.92 Å². The van der Waals surface area contributed by atoms with E-state index in [2.05, 4.69) is 152 Å². The largest absolute Gasteiger partial charge is 0.0760 e. The van der Waals surface area contributed by atoms with Crippen LogP contribution >= 0.6 is 0 Å². The molecular formula is C42H28. The van der Waals surface area contributed by atoms with E-state index < -0.39 is 0 Å². The summed E-state index contributed by atoms with van der Waals surface area (Å²) in [6, 6.07) is 44.8. The molecule has 0 N–H and O–H groups in total. The zero-order valence-electron chi connectivity index (χ0n) is 23.2. The Morgan fingerprint density at radius 1 is 0.500 bits per heavy atom. The molecule has 0 radical (unpaired) electrons. The van der Waals surface area contributed by atoms with Gasteiger partial charge in [0.15, 0.2) is 0 Å². The fourth-order valence-corrected chi connectivity index (χ4v) is 7.42. The quantitative estimate of drug-likeness (QED) is 0.199. The summed E-state index contributed by atoms with van der Waals surface area (Å²) in [4.78, 5) is 0. The summed E-state index contributed by atoms with van der Waals surface area (Å²) in [5, 5.41) is 10.6. The Bertz CT molecular complexity index is 2260. The molecule has 1 atom stereocenters. The minimum Gasteiger partial charge on any atom is -0.0760 e. The Hall–Kier alpha value is -5.20. The van der Waals surface area contributed by atoms with Gasteiger partial charge in [-0.15, -0.1) is 0 Å². The Morgan fingerprint density at radius 3 is 1.90 bits per heavy atom. The van der Waals surface area contributed by atoms with Gasteiger partial charge >= 0.3 is 0 Å². The Balaban J connectivity index is 1.20. The first kappa shape index (κ1) is 23.5. The van der Waals surface area contributed by atoms with E-state index in [1.807, 2.05) is 0 Å². The molecule has 42 heavy (non-hydrogen) atoms. The summed E-state index contributed by atoms with van der Waals surface area (Å²) in [7, 11) is 0. The molecule has 0 bridgehead atoms. The van der Waals surface area contributed by atoms with E-state index in [4.69, 9.17) is 0 Å². The van der Waals surface area contributed by atoms with Crippen LogP contribution in [0.1, 0.15) is 34.6 Å². The average Bonchev–Trinajstić information content (AvgIpc) is 3.48. The van der Waals surface area contributed by atoms with Crippen molar-refractivity contribution in [3.05, 3.63) is 162 Å². The molecule has 1 unspecified atom stereocenters. The van der Waals surface area contributed by atoms with Gasteiger partial charge in [-0.05, 0) is 94.5 Å². The lowest BCUT2D eigenvalue weighted by atomic mass is 9.80. The summed E-state index contributed by atoms with van der Waals surface area (Å²) >= 11 is 0. The second-order valence-corrected chi connectivity index (χ2v) is 11.6. The summed E-state index contributed by atoms with van der Waals surface area (Å²) in [5.74, 6) is 0.313. The third-order valence-electron chi connectivity index (χ3n) is 9.34. The Morgan fingerprint density at radius 2 is 1.17 bits per heavy atom. The maximum atomic E-state index is 2.46. The van der Waals surface area contributed by atoms with Crippen molar-refractivity contribution in [2.45, 2.75) is 12.3 Å². The number of allylic oxidation sites excluding steroid dienone is 4. The molecule has 196 valence electrons. The standard InChI is InChI=1S/C42H28/c1-2-9-32-26-33(23-16-27(32)8-1)42-38-13-5-3-11-36(38)41(37-12-4-6-14-39(37)42)31-19-17-28(18-20-31)34-25-24-30-22-21-29-10-7-15-35(34)40(29)30/h1-19,21-26,31H,20H2. The van der Waals surface area contributed by atoms with Crippen LogP contribution in [0.25, 0.3) is 71.9 Å². The van der Waals surface area contributed by atoms with Crippen molar-refractivity contribution in [1.82, 2.24) is 0 Å². The van der Waals surface area contributed by atoms with Crippen molar-refractivity contribution in [2.75, 3.05) is 0 Å². The van der Waals surface area contributed by atoms with Crippen LogP contribution in [-0.4, -0.2) is 0 Å². The zero-order chi connectivity index (χ0) is 27.6. The second-order valence-electron chi connectivity index (χ2n) is 11.6. The highest BCUT2D eigenvalue weighted by Gasteiger charge is 2.22. The van der Waals surface area contributed by atoms with Crippen LogP contribution in [0.2, 0.25) is 0 Å². The molecule has 0 aliphatic heterocycles. The minimum atomic E-state index is 0.313. The van der Waals surface area contributed by atoms with Crippen LogP contribution in [0.5, 0.6) is 0 Å². The van der Waals surface area contributed by atoms with Gasteiger partial charge in [0.05, 0.1) is 0 Å². The van der Waals surface area contributed by atoms with Gasteiger partial charge in [-0.3, -0.25) is 0 Å². The van der Waals surface area contributed by atoms with Crippen molar-refractivity contribution in [3.63, 3.8) is 0 Å². The van der Waals surface area contributed by atoms with E-state index in [1.54, 1.807) is 0 Å². The van der Waals surface area contributed by atoms with Gasteiger partial charge in [0, 0.05) is 5.92 Å². The first-order valence-electron chi connectivity index (χ1n) is 14.9. The predicted octanol–water partition coefficient (Wildman–Crippen LogP) is 11.6. The lowest BCUT2D eigenvalue weighted by molar-refractivity contribution is 0.873. The van der Waals surface area contributed by atoms with Gasteiger partial charge in [0.2, 0.25) is 0 Å². The highest BCUT2D eigenvalue weighted by atomic mass is 14.3. The molecule has 0 fully saturated rings. The van der Waals surface area contributed by atoms with Crippen molar-refractivity contribution < 1.29 is 0 Å². The molecule has 0 heterocycles. The summed E-state index contributed by atoms with van der Waals surface area (Å²) < 4.78 is 0. The van der Waals surface area contributed by atoms with E-state index in [1.165, 1.54) is 82.0 Å². The van der Waals surface area contributed by atoms with Crippen molar-refractivity contribution in [1.29, 1.82) is 0 Å². The predicted molar refractivity (Wildman–Crippen MR) is 182 cm³/mol. The Kier molecular flexibility index (Phi) is 5.12. The fraction of sp³-hybridized carbons (Fsp3) is 0.0476. The average molecular weight is 533 g/mol. The molecule has 7 aromatic carbocycles. The van der Waals surface area contributed by atoms with Crippen LogP contribution in [-0.2, 0) is 0 Å². The van der Waals surface area contributed by atoms with Crippen molar-refractivity contribution in [2.24, 2.45) is 0 Å². The highest BCUT2D eigenvalue weighted by molar-refractivity contribution is 6.16. The van der Waals surface area contributed by atoms with Gasteiger partial charge in [0.25, 0.3) is 0 Å². The van der Waals surface area contributed by atoms with Gasteiger partial charge in [-0.1, -0.05) is 146 Å². The molecule has 0 spiro atoms. The van der Waals surface area contributed by atoms with E-state index >= 15 is 0 Å². The molecule has 0 saturated carbocycles. The number of fused-ring (bicyclic) bond motifs is 3. The van der Waals surface area contributed by atoms with E-state index in [-0.39, 0.29) is 0 Å². The highest BCUT2D eigenvalue weighted by Crippen LogP contribution is 2.45. The molecule has 0 amide bonds. The molecule has 9 rings (SSSR count). The molecule has 7 aromatic rings. The number of benzene rings is 7. The van der Waals surface area contributed by atoms with Crippen LogP contribution in [0.3, 0.4) is 0 Å². The van der Waals surface area contributed by atoms with Gasteiger partial charge in [-0.25, -0.2) is 0 Å². The SMILES string of the molecule is C1=CC(c2c3ccccc3c(-c3ccc4ccccc4c3)c3ccccc23)CC=C1c1ccc2c3c(cccc13)C=C2. The van der Waals surface area contributed by atoms with Crippen molar-refractivity contribution in [3.8, 4) is 11.1 Å². The third-order valence-corrected chi connectivity index (χ3v) is 9.34. The maximum absolute atomic E-state index is 2.46. The first-order chi connectivity index (χ1) is 20.8. The number of hydrogen-bond acceptors (Lipinski definition) is 0. The summed E-state index contributed by atoms with van der Waals surface area (Å²) in [6.07, 6.45) is 12.7. The summed E-state index contributed by atoms with van der Waals surface area (Å²) in [5.41, 5.74) is 9.34. The molecule has 0 aromatic heterocycles. The number of hydrogen-bond donors (Lipinski definition) is 0. The molecule has 0 saturated heterocycles. The first-order valence-corrected chi connectivity index (χ1v) is 14.9.